The van der Waals surface area contributed by atoms with Gasteiger partial charge in [-0.2, -0.15) is 0 Å². The van der Waals surface area contributed by atoms with Crippen LogP contribution in [-0.4, -0.2) is 40.6 Å². The molecule has 0 aliphatic carbocycles. The molecule has 2 atom stereocenters. The molecule has 0 saturated heterocycles. The molecule has 4 rings (SSSR count). The highest BCUT2D eigenvalue weighted by Gasteiger charge is 2.31. The molecule has 36 heavy (non-hydrogen) atoms. The number of para-hydroxylation sites is 1. The highest BCUT2D eigenvalue weighted by atomic mass is 35.5. The minimum atomic E-state index is -0.501. The lowest BCUT2D eigenvalue weighted by Crippen LogP contribution is -2.41. The molecule has 4 aromatic rings. The maximum atomic E-state index is 14.0. The van der Waals surface area contributed by atoms with Crippen LogP contribution in [0.2, 0.25) is 5.02 Å². The van der Waals surface area contributed by atoms with Crippen molar-refractivity contribution < 1.29 is 9.53 Å². The molecule has 0 N–H and O–H groups in total. The first kappa shape index (κ1) is 25.6. The number of carbonyl (C=O) groups is 1. The number of aromatic nitrogens is 2. The van der Waals surface area contributed by atoms with Crippen LogP contribution in [0.25, 0.3) is 16.6 Å². The lowest BCUT2D eigenvalue weighted by molar-refractivity contribution is -0.136. The molecule has 1 aromatic heterocycles. The van der Waals surface area contributed by atoms with E-state index in [1.807, 2.05) is 62.4 Å². The zero-order valence-corrected chi connectivity index (χ0v) is 21.5. The normalized spacial score (nSPS) is 12.9. The van der Waals surface area contributed by atoms with Crippen molar-refractivity contribution in [2.24, 2.45) is 0 Å². The number of methoxy groups -OCH3 is 1. The Bertz CT molecular complexity index is 1390. The predicted molar refractivity (Wildman–Crippen MR) is 144 cm³/mol. The second-order valence-electron chi connectivity index (χ2n) is 8.68. The Labute approximate surface area is 216 Å². The smallest absolute Gasteiger partial charge is 0.266 e. The molecule has 6 nitrogen and oxygen atoms in total. The van der Waals surface area contributed by atoms with Gasteiger partial charge in [-0.25, -0.2) is 4.98 Å². The van der Waals surface area contributed by atoms with Crippen LogP contribution in [0.3, 0.4) is 0 Å². The summed E-state index contributed by atoms with van der Waals surface area (Å²) in [5.74, 6) is 0.133. The van der Waals surface area contributed by atoms with E-state index in [0.717, 1.165) is 5.56 Å². The van der Waals surface area contributed by atoms with Gasteiger partial charge in [0.2, 0.25) is 5.91 Å². The summed E-state index contributed by atoms with van der Waals surface area (Å²) in [4.78, 5) is 34.4. The monoisotopic (exact) mass is 503 g/mol. The van der Waals surface area contributed by atoms with Gasteiger partial charge in [0.15, 0.2) is 0 Å². The SMILES string of the molecule is CCC(C(=O)N(CCOC)C(C)c1nc2ccccc2c(=O)n1-c1ccc(Cl)cc1)c1ccccc1. The molecule has 0 radical (unpaired) electrons. The number of halogens is 1. The molecular weight excluding hydrogens is 474 g/mol. The summed E-state index contributed by atoms with van der Waals surface area (Å²) in [7, 11) is 1.61. The first-order valence-electron chi connectivity index (χ1n) is 12.1. The van der Waals surface area contributed by atoms with Crippen LogP contribution in [0.1, 0.15) is 43.6 Å². The number of ether oxygens (including phenoxy) is 1. The van der Waals surface area contributed by atoms with E-state index < -0.39 is 6.04 Å². The van der Waals surface area contributed by atoms with Crippen molar-refractivity contribution in [3.8, 4) is 5.69 Å². The zero-order chi connectivity index (χ0) is 25.7. The van der Waals surface area contributed by atoms with Crippen molar-refractivity contribution in [1.29, 1.82) is 0 Å². The Morgan fingerprint density at radius 1 is 1.03 bits per heavy atom. The van der Waals surface area contributed by atoms with Crippen LogP contribution < -0.4 is 5.56 Å². The van der Waals surface area contributed by atoms with Crippen molar-refractivity contribution in [1.82, 2.24) is 14.5 Å². The van der Waals surface area contributed by atoms with Gasteiger partial charge in [0, 0.05) is 18.7 Å². The van der Waals surface area contributed by atoms with Crippen LogP contribution in [-0.2, 0) is 9.53 Å². The molecule has 0 bridgehead atoms. The molecule has 0 aliphatic heterocycles. The maximum Gasteiger partial charge on any atom is 0.266 e. The fraction of sp³-hybridized carbons (Fsp3) is 0.276. The predicted octanol–water partition coefficient (Wildman–Crippen LogP) is 5.77. The van der Waals surface area contributed by atoms with Gasteiger partial charge in [-0.05, 0) is 55.3 Å². The van der Waals surface area contributed by atoms with Gasteiger partial charge in [0.05, 0.1) is 35.2 Å². The fourth-order valence-electron chi connectivity index (χ4n) is 4.53. The van der Waals surface area contributed by atoms with Crippen LogP contribution in [0, 0.1) is 0 Å². The maximum absolute atomic E-state index is 14.0. The quantitative estimate of drug-likeness (QED) is 0.291. The average Bonchev–Trinajstić information content (AvgIpc) is 2.90. The molecule has 0 fully saturated rings. The van der Waals surface area contributed by atoms with Crippen LogP contribution >= 0.6 is 11.6 Å². The Morgan fingerprint density at radius 2 is 1.69 bits per heavy atom. The molecule has 0 spiro atoms. The highest BCUT2D eigenvalue weighted by Crippen LogP contribution is 2.29. The summed E-state index contributed by atoms with van der Waals surface area (Å²) in [6, 6.07) is 23.6. The second-order valence-corrected chi connectivity index (χ2v) is 9.11. The van der Waals surface area contributed by atoms with Crippen molar-refractivity contribution in [2.75, 3.05) is 20.3 Å². The number of nitrogens with zero attached hydrogens (tertiary/aromatic N) is 3. The second kappa shape index (κ2) is 11.5. The van der Waals surface area contributed by atoms with E-state index in [-0.39, 0.29) is 17.4 Å². The van der Waals surface area contributed by atoms with Crippen molar-refractivity contribution in [3.63, 3.8) is 0 Å². The number of hydrogen-bond acceptors (Lipinski definition) is 4. The lowest BCUT2D eigenvalue weighted by Gasteiger charge is -2.33. The first-order valence-corrected chi connectivity index (χ1v) is 12.5. The molecule has 3 aromatic carbocycles. The summed E-state index contributed by atoms with van der Waals surface area (Å²) >= 11 is 6.12. The third-order valence-corrected chi connectivity index (χ3v) is 6.71. The Balaban J connectivity index is 1.87. The van der Waals surface area contributed by atoms with E-state index in [1.165, 1.54) is 0 Å². The Kier molecular flexibility index (Phi) is 8.18. The summed E-state index contributed by atoms with van der Waals surface area (Å²) in [6.45, 7) is 4.64. The molecular formula is C29H30ClN3O3. The molecule has 1 amide bonds. The molecule has 0 aliphatic rings. The number of rotatable bonds is 9. The first-order chi connectivity index (χ1) is 17.5. The third kappa shape index (κ3) is 5.20. The molecule has 0 saturated carbocycles. The summed E-state index contributed by atoms with van der Waals surface area (Å²) in [6.07, 6.45) is 0.647. The van der Waals surface area contributed by atoms with Gasteiger partial charge in [-0.1, -0.05) is 61.0 Å². The number of benzene rings is 3. The van der Waals surface area contributed by atoms with E-state index in [1.54, 1.807) is 46.9 Å². The number of hydrogen-bond donors (Lipinski definition) is 0. The van der Waals surface area contributed by atoms with Gasteiger partial charge >= 0.3 is 0 Å². The van der Waals surface area contributed by atoms with Gasteiger partial charge in [-0.15, -0.1) is 0 Å². The number of carbonyl (C=O) groups excluding carboxylic acids is 1. The Morgan fingerprint density at radius 3 is 2.36 bits per heavy atom. The van der Waals surface area contributed by atoms with Crippen LogP contribution in [0.15, 0.2) is 83.7 Å². The largest absolute Gasteiger partial charge is 0.383 e. The van der Waals surface area contributed by atoms with Gasteiger partial charge in [0.1, 0.15) is 5.82 Å². The standard InChI is InChI=1S/C29H30ClN3O3/c1-4-24(21-10-6-5-7-11-21)28(34)32(18-19-36-3)20(2)27-31-26-13-9-8-12-25(26)29(35)33(27)23-16-14-22(30)15-17-23/h5-17,20,24H,4,18-19H2,1-3H3. The third-order valence-electron chi connectivity index (χ3n) is 6.46. The van der Waals surface area contributed by atoms with Gasteiger partial charge in [0.25, 0.3) is 5.56 Å². The van der Waals surface area contributed by atoms with E-state index in [4.69, 9.17) is 21.3 Å². The molecule has 7 heteroatoms. The van der Waals surface area contributed by atoms with Crippen molar-refractivity contribution in [2.45, 2.75) is 32.2 Å². The van der Waals surface area contributed by atoms with Gasteiger partial charge in [-0.3, -0.25) is 14.2 Å². The molecule has 1 heterocycles. The summed E-state index contributed by atoms with van der Waals surface area (Å²) in [5, 5.41) is 1.08. The van der Waals surface area contributed by atoms with Crippen molar-refractivity contribution in [3.05, 3.63) is 106 Å². The molecule has 186 valence electrons. The zero-order valence-electron chi connectivity index (χ0n) is 20.7. The molecule has 2 unspecified atom stereocenters. The van der Waals surface area contributed by atoms with E-state index in [9.17, 15) is 9.59 Å². The van der Waals surface area contributed by atoms with Crippen LogP contribution in [0.5, 0.6) is 0 Å². The lowest BCUT2D eigenvalue weighted by atomic mass is 9.94. The Hall–Kier alpha value is -3.48. The van der Waals surface area contributed by atoms with Crippen LogP contribution in [0.4, 0.5) is 0 Å². The average molecular weight is 504 g/mol. The fourth-order valence-corrected chi connectivity index (χ4v) is 4.66. The van der Waals surface area contributed by atoms with Gasteiger partial charge < -0.3 is 9.64 Å². The van der Waals surface area contributed by atoms with E-state index >= 15 is 0 Å². The summed E-state index contributed by atoms with van der Waals surface area (Å²) < 4.78 is 6.94. The summed E-state index contributed by atoms with van der Waals surface area (Å²) in [5.41, 5.74) is 1.99. The number of amides is 1. The topological polar surface area (TPSA) is 64.4 Å². The number of fused-ring (bicyclic) bond motifs is 1. The minimum absolute atomic E-state index is 0.0293. The minimum Gasteiger partial charge on any atom is -0.383 e. The van der Waals surface area contributed by atoms with E-state index in [0.29, 0.717) is 47.0 Å². The highest BCUT2D eigenvalue weighted by molar-refractivity contribution is 6.30. The van der Waals surface area contributed by atoms with Crippen molar-refractivity contribution >= 4 is 28.4 Å². The van der Waals surface area contributed by atoms with E-state index in [2.05, 4.69) is 0 Å².